The van der Waals surface area contributed by atoms with Gasteiger partial charge in [-0.3, -0.25) is 0 Å². The first kappa shape index (κ1) is 17.1. The molecule has 0 aliphatic rings. The Kier molecular flexibility index (Phi) is 7.15. The molecule has 0 saturated carbocycles. The van der Waals surface area contributed by atoms with Crippen LogP contribution in [-0.2, 0) is 10.2 Å². The molecule has 0 aliphatic heterocycles. The van der Waals surface area contributed by atoms with Gasteiger partial charge in [0.05, 0.1) is 0 Å². The second-order valence-electron chi connectivity index (χ2n) is 4.77. The molecular weight excluding hydrogens is 274 g/mol. The van der Waals surface area contributed by atoms with Gasteiger partial charge < -0.3 is 5.32 Å². The van der Waals surface area contributed by atoms with Gasteiger partial charge in [0, 0.05) is 19.6 Å². The zero-order valence-corrected chi connectivity index (χ0v) is 13.3. The highest BCUT2D eigenvalue weighted by Crippen LogP contribution is 2.17. The lowest BCUT2D eigenvalue weighted by Gasteiger charge is -2.23. The third kappa shape index (κ3) is 5.20. The van der Waals surface area contributed by atoms with Gasteiger partial charge in [-0.25, -0.2) is 0 Å². The first-order chi connectivity index (χ1) is 9.51. The minimum Gasteiger partial charge on any atom is -0.320 e. The standard InChI is InChI=1S/C14H25N3O2S/c1-4-14(13-9-6-5-7-10-13)16-20(18,19)17(3)12-8-11-15-2/h5-7,9-10,14-16H,4,8,11-12H2,1-3H3. The van der Waals surface area contributed by atoms with Crippen molar-refractivity contribution in [3.63, 3.8) is 0 Å². The van der Waals surface area contributed by atoms with Crippen LogP contribution in [0.4, 0.5) is 0 Å². The highest BCUT2D eigenvalue weighted by Gasteiger charge is 2.21. The summed E-state index contributed by atoms with van der Waals surface area (Å²) in [7, 11) is 0.0186. The van der Waals surface area contributed by atoms with E-state index in [0.29, 0.717) is 13.0 Å². The van der Waals surface area contributed by atoms with Crippen molar-refractivity contribution >= 4 is 10.2 Å². The Morgan fingerprint density at radius 1 is 1.25 bits per heavy atom. The molecule has 0 amide bonds. The van der Waals surface area contributed by atoms with Crippen LogP contribution in [0.1, 0.15) is 31.4 Å². The largest absolute Gasteiger partial charge is 0.320 e. The molecular formula is C14H25N3O2S. The van der Waals surface area contributed by atoms with E-state index in [1.165, 1.54) is 4.31 Å². The van der Waals surface area contributed by atoms with Gasteiger partial charge in [-0.15, -0.1) is 0 Å². The predicted octanol–water partition coefficient (Wildman–Crippen LogP) is 1.51. The molecule has 5 nitrogen and oxygen atoms in total. The van der Waals surface area contributed by atoms with Gasteiger partial charge in [-0.05, 0) is 32.0 Å². The van der Waals surface area contributed by atoms with E-state index >= 15 is 0 Å². The highest BCUT2D eigenvalue weighted by molar-refractivity contribution is 7.87. The summed E-state index contributed by atoms with van der Waals surface area (Å²) < 4.78 is 28.7. The predicted molar refractivity (Wildman–Crippen MR) is 82.7 cm³/mol. The number of hydrogen-bond acceptors (Lipinski definition) is 3. The van der Waals surface area contributed by atoms with Crippen molar-refractivity contribution in [3.05, 3.63) is 35.9 Å². The Labute approximate surface area is 122 Å². The van der Waals surface area contributed by atoms with Gasteiger partial charge in [0.15, 0.2) is 0 Å². The molecule has 1 aromatic rings. The molecule has 2 N–H and O–H groups in total. The molecule has 1 aromatic carbocycles. The Bertz CT molecular complexity index is 476. The molecule has 20 heavy (non-hydrogen) atoms. The summed E-state index contributed by atoms with van der Waals surface area (Å²) in [5.41, 5.74) is 0.988. The van der Waals surface area contributed by atoms with Crippen molar-refractivity contribution in [1.82, 2.24) is 14.3 Å². The molecule has 0 fully saturated rings. The molecule has 1 unspecified atom stereocenters. The van der Waals surface area contributed by atoms with Gasteiger partial charge in [-0.1, -0.05) is 37.3 Å². The maximum absolute atomic E-state index is 12.3. The van der Waals surface area contributed by atoms with Crippen LogP contribution in [0.25, 0.3) is 0 Å². The third-order valence-electron chi connectivity index (χ3n) is 3.21. The molecule has 114 valence electrons. The quantitative estimate of drug-likeness (QED) is 0.680. The van der Waals surface area contributed by atoms with Gasteiger partial charge in [-0.2, -0.15) is 17.4 Å². The van der Waals surface area contributed by atoms with Crippen LogP contribution >= 0.6 is 0 Å². The van der Waals surface area contributed by atoms with Crippen molar-refractivity contribution < 1.29 is 8.42 Å². The van der Waals surface area contributed by atoms with E-state index in [4.69, 9.17) is 0 Å². The molecule has 0 saturated heterocycles. The highest BCUT2D eigenvalue weighted by atomic mass is 32.2. The van der Waals surface area contributed by atoms with Crippen molar-refractivity contribution in [3.8, 4) is 0 Å². The molecule has 1 rings (SSSR count). The smallest absolute Gasteiger partial charge is 0.279 e. The summed E-state index contributed by atoms with van der Waals surface area (Å²) in [6.45, 7) is 3.28. The van der Waals surface area contributed by atoms with Crippen molar-refractivity contribution in [1.29, 1.82) is 0 Å². The first-order valence-electron chi connectivity index (χ1n) is 6.94. The normalized spacial score (nSPS) is 13.6. The average molecular weight is 299 g/mol. The molecule has 1 atom stereocenters. The fourth-order valence-electron chi connectivity index (χ4n) is 1.94. The molecule has 0 aliphatic carbocycles. The van der Waals surface area contributed by atoms with Crippen molar-refractivity contribution in [2.75, 3.05) is 27.2 Å². The van der Waals surface area contributed by atoms with Crippen LogP contribution in [0.15, 0.2) is 30.3 Å². The van der Waals surface area contributed by atoms with Crippen LogP contribution < -0.4 is 10.0 Å². The first-order valence-corrected chi connectivity index (χ1v) is 8.38. The van der Waals surface area contributed by atoms with E-state index in [2.05, 4.69) is 10.0 Å². The van der Waals surface area contributed by atoms with Crippen molar-refractivity contribution in [2.45, 2.75) is 25.8 Å². The summed E-state index contributed by atoms with van der Waals surface area (Å²) in [5.74, 6) is 0. The Morgan fingerprint density at radius 2 is 1.90 bits per heavy atom. The molecule has 0 heterocycles. The van der Waals surface area contributed by atoms with Gasteiger partial charge >= 0.3 is 0 Å². The van der Waals surface area contributed by atoms with Gasteiger partial charge in [0.25, 0.3) is 10.2 Å². The van der Waals surface area contributed by atoms with E-state index in [0.717, 1.165) is 18.5 Å². The monoisotopic (exact) mass is 299 g/mol. The summed E-state index contributed by atoms with van der Waals surface area (Å²) in [6.07, 6.45) is 1.50. The lowest BCUT2D eigenvalue weighted by molar-refractivity contribution is 0.437. The van der Waals surface area contributed by atoms with Crippen LogP contribution in [0.5, 0.6) is 0 Å². The van der Waals surface area contributed by atoms with Crippen LogP contribution in [0, 0.1) is 0 Å². The number of hydrogen-bond donors (Lipinski definition) is 2. The maximum atomic E-state index is 12.3. The number of nitrogens with one attached hydrogen (secondary N) is 2. The summed E-state index contributed by atoms with van der Waals surface area (Å²) >= 11 is 0. The van der Waals surface area contributed by atoms with Gasteiger partial charge in [0.2, 0.25) is 0 Å². The number of rotatable bonds is 9. The zero-order chi connectivity index (χ0) is 15.0. The molecule has 0 aromatic heterocycles. The second-order valence-corrected chi connectivity index (χ2v) is 6.58. The average Bonchev–Trinajstić information content (AvgIpc) is 2.45. The molecule has 0 spiro atoms. The molecule has 0 bridgehead atoms. The fourth-order valence-corrected chi connectivity index (χ4v) is 3.15. The van der Waals surface area contributed by atoms with Gasteiger partial charge in [0.1, 0.15) is 0 Å². The lowest BCUT2D eigenvalue weighted by atomic mass is 10.1. The van der Waals surface area contributed by atoms with Crippen molar-refractivity contribution in [2.24, 2.45) is 0 Å². The second kappa shape index (κ2) is 8.36. The van der Waals surface area contributed by atoms with E-state index in [9.17, 15) is 8.42 Å². The van der Waals surface area contributed by atoms with E-state index in [1.54, 1.807) is 7.05 Å². The van der Waals surface area contributed by atoms with Crippen LogP contribution in [-0.4, -0.2) is 39.9 Å². The van der Waals surface area contributed by atoms with E-state index < -0.39 is 10.2 Å². The number of benzene rings is 1. The minimum absolute atomic E-state index is 0.187. The SMILES string of the molecule is CCC(NS(=O)(=O)N(C)CCCNC)c1ccccc1. The van der Waals surface area contributed by atoms with Crippen LogP contribution in [0.2, 0.25) is 0 Å². The zero-order valence-electron chi connectivity index (χ0n) is 12.5. The molecule has 6 heteroatoms. The minimum atomic E-state index is -3.44. The van der Waals surface area contributed by atoms with E-state index in [1.807, 2.05) is 44.3 Å². The van der Waals surface area contributed by atoms with Crippen LogP contribution in [0.3, 0.4) is 0 Å². The summed E-state index contributed by atoms with van der Waals surface area (Å²) in [4.78, 5) is 0. The fraction of sp³-hybridized carbons (Fsp3) is 0.571. The maximum Gasteiger partial charge on any atom is 0.279 e. The molecule has 0 radical (unpaired) electrons. The Hall–Kier alpha value is -0.950. The topological polar surface area (TPSA) is 61.4 Å². The Balaban J connectivity index is 2.68. The number of nitrogens with zero attached hydrogens (tertiary/aromatic N) is 1. The summed E-state index contributed by atoms with van der Waals surface area (Å²) in [5, 5.41) is 3.01. The Morgan fingerprint density at radius 3 is 2.45 bits per heavy atom. The lowest BCUT2D eigenvalue weighted by Crippen LogP contribution is -2.41. The summed E-state index contributed by atoms with van der Waals surface area (Å²) in [6, 6.07) is 9.46. The van der Waals surface area contributed by atoms with E-state index in [-0.39, 0.29) is 6.04 Å². The third-order valence-corrected chi connectivity index (χ3v) is 4.80.